The summed E-state index contributed by atoms with van der Waals surface area (Å²) in [5.41, 5.74) is 4.42. The normalized spacial score (nSPS) is 10.8. The largest absolute Gasteiger partial charge is 0.354 e. The summed E-state index contributed by atoms with van der Waals surface area (Å²) >= 11 is 1.72. The van der Waals surface area contributed by atoms with Crippen molar-refractivity contribution in [2.75, 3.05) is 6.54 Å². The third kappa shape index (κ3) is 3.74. The summed E-state index contributed by atoms with van der Waals surface area (Å²) in [4.78, 5) is 13.2. The van der Waals surface area contributed by atoms with Crippen molar-refractivity contribution in [2.24, 2.45) is 0 Å². The number of hydrogen-bond acceptors (Lipinski definition) is 3. The fourth-order valence-corrected chi connectivity index (χ4v) is 3.71. The van der Waals surface area contributed by atoms with Crippen LogP contribution in [0.25, 0.3) is 10.4 Å². The highest BCUT2D eigenvalue weighted by Crippen LogP contribution is 2.30. The standard InChI is InChI=1S/C19H21N3OS/c1-14-19(17-9-6-12-24-17)15(2)22(21-14)11-10-20-18(23)13-16-7-4-3-5-8-16/h3-9,12H,10-11,13H2,1-2H3,(H,20,23). The molecule has 0 saturated heterocycles. The summed E-state index contributed by atoms with van der Waals surface area (Å²) < 4.78 is 1.98. The number of aryl methyl sites for hydroxylation is 1. The second-order valence-corrected chi connectivity index (χ2v) is 6.71. The van der Waals surface area contributed by atoms with Gasteiger partial charge in [0.25, 0.3) is 0 Å². The van der Waals surface area contributed by atoms with Crippen LogP contribution in [0.4, 0.5) is 0 Å². The van der Waals surface area contributed by atoms with Crippen LogP contribution in [0.3, 0.4) is 0 Å². The van der Waals surface area contributed by atoms with E-state index in [0.717, 1.165) is 17.0 Å². The van der Waals surface area contributed by atoms with Crippen LogP contribution >= 0.6 is 11.3 Å². The molecule has 0 aliphatic carbocycles. The predicted molar refractivity (Wildman–Crippen MR) is 98.2 cm³/mol. The zero-order valence-corrected chi connectivity index (χ0v) is 14.8. The molecule has 0 saturated carbocycles. The number of carbonyl (C=O) groups excluding carboxylic acids is 1. The molecule has 0 atom stereocenters. The molecule has 2 heterocycles. The van der Waals surface area contributed by atoms with Crippen molar-refractivity contribution in [3.05, 3.63) is 64.8 Å². The summed E-state index contributed by atoms with van der Waals surface area (Å²) in [6.07, 6.45) is 0.415. The Morgan fingerprint density at radius 2 is 1.96 bits per heavy atom. The predicted octanol–water partition coefficient (Wildman–Crippen LogP) is 3.59. The minimum absolute atomic E-state index is 0.0428. The average molecular weight is 339 g/mol. The van der Waals surface area contributed by atoms with Gasteiger partial charge in [-0.15, -0.1) is 11.3 Å². The first-order valence-electron chi connectivity index (χ1n) is 8.03. The lowest BCUT2D eigenvalue weighted by atomic mass is 10.1. The van der Waals surface area contributed by atoms with Crippen LogP contribution in [-0.2, 0) is 17.8 Å². The maximum Gasteiger partial charge on any atom is 0.224 e. The molecule has 0 fully saturated rings. The Balaban J connectivity index is 1.58. The third-order valence-corrected chi connectivity index (χ3v) is 4.89. The highest BCUT2D eigenvalue weighted by Gasteiger charge is 2.14. The van der Waals surface area contributed by atoms with Gasteiger partial charge in [0.1, 0.15) is 0 Å². The van der Waals surface area contributed by atoms with Gasteiger partial charge in [-0.05, 0) is 30.9 Å². The molecular weight excluding hydrogens is 318 g/mol. The van der Waals surface area contributed by atoms with Crippen molar-refractivity contribution >= 4 is 17.2 Å². The van der Waals surface area contributed by atoms with E-state index in [1.54, 1.807) is 11.3 Å². The second-order valence-electron chi connectivity index (χ2n) is 5.76. The van der Waals surface area contributed by atoms with Crippen molar-refractivity contribution in [3.8, 4) is 10.4 Å². The van der Waals surface area contributed by atoms with E-state index in [9.17, 15) is 4.79 Å². The molecule has 0 bridgehead atoms. The second kappa shape index (κ2) is 7.45. The molecule has 0 aliphatic rings. The minimum Gasteiger partial charge on any atom is -0.354 e. The van der Waals surface area contributed by atoms with Crippen LogP contribution in [0.2, 0.25) is 0 Å². The quantitative estimate of drug-likeness (QED) is 0.746. The number of rotatable bonds is 6. The van der Waals surface area contributed by atoms with Crippen LogP contribution in [-0.4, -0.2) is 22.2 Å². The van der Waals surface area contributed by atoms with Crippen molar-refractivity contribution in [1.29, 1.82) is 0 Å². The zero-order chi connectivity index (χ0) is 16.9. The van der Waals surface area contributed by atoms with E-state index in [1.165, 1.54) is 10.4 Å². The smallest absolute Gasteiger partial charge is 0.224 e. The minimum atomic E-state index is 0.0428. The molecule has 1 aromatic carbocycles. The van der Waals surface area contributed by atoms with Gasteiger partial charge in [0.05, 0.1) is 18.7 Å². The number of nitrogens with zero attached hydrogens (tertiary/aromatic N) is 2. The van der Waals surface area contributed by atoms with Crippen molar-refractivity contribution < 1.29 is 4.79 Å². The van der Waals surface area contributed by atoms with Gasteiger partial charge in [-0.25, -0.2) is 0 Å². The SMILES string of the molecule is Cc1nn(CCNC(=O)Cc2ccccc2)c(C)c1-c1cccs1. The van der Waals surface area contributed by atoms with Crippen LogP contribution < -0.4 is 5.32 Å². The topological polar surface area (TPSA) is 46.9 Å². The van der Waals surface area contributed by atoms with Gasteiger partial charge in [0.2, 0.25) is 5.91 Å². The molecule has 5 heteroatoms. The van der Waals surface area contributed by atoms with Crippen LogP contribution in [0, 0.1) is 13.8 Å². The van der Waals surface area contributed by atoms with Crippen LogP contribution in [0.15, 0.2) is 47.8 Å². The molecule has 0 spiro atoms. The Bertz CT molecular complexity index is 807. The van der Waals surface area contributed by atoms with Gasteiger partial charge < -0.3 is 5.32 Å². The molecule has 4 nitrogen and oxygen atoms in total. The Morgan fingerprint density at radius 1 is 1.17 bits per heavy atom. The first kappa shape index (κ1) is 16.5. The fourth-order valence-electron chi connectivity index (χ4n) is 2.84. The number of thiophene rings is 1. The Hall–Kier alpha value is -2.40. The Labute approximate surface area is 146 Å². The average Bonchev–Trinajstić information content (AvgIpc) is 3.17. The molecule has 2 aromatic heterocycles. The first-order valence-corrected chi connectivity index (χ1v) is 8.91. The molecule has 0 unspecified atom stereocenters. The van der Waals surface area contributed by atoms with E-state index >= 15 is 0 Å². The molecule has 1 N–H and O–H groups in total. The molecule has 0 aliphatic heterocycles. The fraction of sp³-hybridized carbons (Fsp3) is 0.263. The molecule has 3 rings (SSSR count). The summed E-state index contributed by atoms with van der Waals surface area (Å²) in [6.45, 7) is 5.38. The molecular formula is C19H21N3OS. The third-order valence-electron chi connectivity index (χ3n) is 4.00. The zero-order valence-electron chi connectivity index (χ0n) is 14.0. The number of amides is 1. The van der Waals surface area contributed by atoms with Gasteiger partial charge >= 0.3 is 0 Å². The number of hydrogen-bond donors (Lipinski definition) is 1. The van der Waals surface area contributed by atoms with Gasteiger partial charge in [-0.2, -0.15) is 5.10 Å². The van der Waals surface area contributed by atoms with E-state index < -0.39 is 0 Å². The first-order chi connectivity index (χ1) is 11.6. The lowest BCUT2D eigenvalue weighted by Crippen LogP contribution is -2.29. The monoisotopic (exact) mass is 339 g/mol. The van der Waals surface area contributed by atoms with E-state index in [2.05, 4.69) is 34.9 Å². The maximum atomic E-state index is 12.0. The van der Waals surface area contributed by atoms with Crippen LogP contribution in [0.5, 0.6) is 0 Å². The Morgan fingerprint density at radius 3 is 2.67 bits per heavy atom. The van der Waals surface area contributed by atoms with Gasteiger partial charge in [0, 0.05) is 22.7 Å². The van der Waals surface area contributed by atoms with Gasteiger partial charge in [-0.3, -0.25) is 9.48 Å². The number of benzene rings is 1. The molecule has 24 heavy (non-hydrogen) atoms. The van der Waals surface area contributed by atoms with E-state index in [4.69, 9.17) is 0 Å². The lowest BCUT2D eigenvalue weighted by Gasteiger charge is -2.07. The Kier molecular flexibility index (Phi) is 5.11. The molecule has 124 valence electrons. The highest BCUT2D eigenvalue weighted by atomic mass is 32.1. The summed E-state index contributed by atoms with van der Waals surface area (Å²) in [7, 11) is 0. The van der Waals surface area contributed by atoms with Gasteiger partial charge in [-0.1, -0.05) is 36.4 Å². The molecule has 3 aromatic rings. The number of nitrogens with one attached hydrogen (secondary N) is 1. The van der Waals surface area contributed by atoms with E-state index in [-0.39, 0.29) is 5.91 Å². The summed E-state index contributed by atoms with van der Waals surface area (Å²) in [6, 6.07) is 14.0. The van der Waals surface area contributed by atoms with Crippen molar-refractivity contribution in [1.82, 2.24) is 15.1 Å². The summed E-state index contributed by atoms with van der Waals surface area (Å²) in [5.74, 6) is 0.0428. The molecule has 0 radical (unpaired) electrons. The highest BCUT2D eigenvalue weighted by molar-refractivity contribution is 7.13. The maximum absolute atomic E-state index is 12.0. The van der Waals surface area contributed by atoms with E-state index in [0.29, 0.717) is 19.5 Å². The van der Waals surface area contributed by atoms with Crippen molar-refractivity contribution in [2.45, 2.75) is 26.8 Å². The van der Waals surface area contributed by atoms with Gasteiger partial charge in [0.15, 0.2) is 0 Å². The van der Waals surface area contributed by atoms with E-state index in [1.807, 2.05) is 41.9 Å². The lowest BCUT2D eigenvalue weighted by molar-refractivity contribution is -0.120. The van der Waals surface area contributed by atoms with Crippen molar-refractivity contribution in [3.63, 3.8) is 0 Å². The number of aromatic nitrogens is 2. The number of carbonyl (C=O) groups is 1. The molecule has 1 amide bonds. The summed E-state index contributed by atoms with van der Waals surface area (Å²) in [5, 5.41) is 9.67. The van der Waals surface area contributed by atoms with Crippen LogP contribution in [0.1, 0.15) is 17.0 Å².